The number of urea groups is 1. The Kier molecular flexibility index (Phi) is 4.64. The van der Waals surface area contributed by atoms with Crippen LogP contribution in [0.2, 0.25) is 0 Å². The highest BCUT2D eigenvalue weighted by atomic mass is 16.2. The van der Waals surface area contributed by atoms with Crippen LogP contribution in [-0.2, 0) is 9.59 Å². The molecule has 0 radical (unpaired) electrons. The Balaban J connectivity index is 1.54. The molecule has 8 nitrogen and oxygen atoms in total. The predicted molar refractivity (Wildman–Crippen MR) is 87.3 cm³/mol. The van der Waals surface area contributed by atoms with Gasteiger partial charge < -0.3 is 15.1 Å². The largest absolute Gasteiger partial charge is 0.353 e. The number of rotatable bonds is 3. The van der Waals surface area contributed by atoms with E-state index in [9.17, 15) is 14.4 Å². The lowest BCUT2D eigenvalue weighted by Gasteiger charge is -2.36. The molecule has 3 rings (SSSR count). The van der Waals surface area contributed by atoms with Gasteiger partial charge in [0.05, 0.1) is 5.92 Å². The number of anilines is 1. The first-order chi connectivity index (χ1) is 11.5. The monoisotopic (exact) mass is 331 g/mol. The fourth-order valence-corrected chi connectivity index (χ4v) is 3.09. The van der Waals surface area contributed by atoms with E-state index in [0.717, 1.165) is 5.82 Å². The van der Waals surface area contributed by atoms with Gasteiger partial charge in [-0.3, -0.25) is 14.9 Å². The molecule has 2 fully saturated rings. The molecule has 2 aliphatic heterocycles. The third-order valence-corrected chi connectivity index (χ3v) is 4.54. The molecule has 0 saturated carbocycles. The molecule has 2 aliphatic rings. The van der Waals surface area contributed by atoms with Crippen LogP contribution in [0.25, 0.3) is 0 Å². The molecular formula is C16H21N5O3. The number of pyridine rings is 1. The summed E-state index contributed by atoms with van der Waals surface area (Å²) in [5, 5.41) is 4.86. The van der Waals surface area contributed by atoms with Crippen LogP contribution >= 0.6 is 0 Å². The minimum Gasteiger partial charge on any atom is -0.353 e. The molecule has 0 bridgehead atoms. The zero-order chi connectivity index (χ0) is 17.1. The molecule has 2 saturated heterocycles. The van der Waals surface area contributed by atoms with E-state index in [2.05, 4.69) is 20.5 Å². The van der Waals surface area contributed by atoms with Crippen LogP contribution in [-0.4, -0.2) is 60.0 Å². The zero-order valence-electron chi connectivity index (χ0n) is 13.6. The first-order valence-corrected chi connectivity index (χ1v) is 8.09. The zero-order valence-corrected chi connectivity index (χ0v) is 13.6. The van der Waals surface area contributed by atoms with Crippen molar-refractivity contribution in [3.8, 4) is 0 Å². The number of hydrogen-bond acceptors (Lipinski definition) is 5. The Bertz CT molecular complexity index is 628. The van der Waals surface area contributed by atoms with Crippen LogP contribution in [0.4, 0.5) is 10.6 Å². The van der Waals surface area contributed by atoms with Crippen molar-refractivity contribution in [3.63, 3.8) is 0 Å². The van der Waals surface area contributed by atoms with Crippen LogP contribution in [0.15, 0.2) is 24.4 Å². The van der Waals surface area contributed by atoms with Gasteiger partial charge in [0.1, 0.15) is 5.82 Å². The fourth-order valence-electron chi connectivity index (χ4n) is 3.09. The van der Waals surface area contributed by atoms with Gasteiger partial charge in [-0.15, -0.1) is 0 Å². The van der Waals surface area contributed by atoms with Crippen LogP contribution in [0.1, 0.15) is 13.3 Å². The molecule has 3 heterocycles. The molecule has 0 aliphatic carbocycles. The highest BCUT2D eigenvalue weighted by Gasteiger charge is 2.35. The number of nitrogens with one attached hydrogen (secondary N) is 2. The first-order valence-electron chi connectivity index (χ1n) is 8.09. The summed E-state index contributed by atoms with van der Waals surface area (Å²) in [6, 6.07) is 4.93. The number of aromatic nitrogens is 1. The minimum absolute atomic E-state index is 0.0566. The fraction of sp³-hybridized carbons (Fsp3) is 0.500. The van der Waals surface area contributed by atoms with E-state index in [-0.39, 0.29) is 24.3 Å². The van der Waals surface area contributed by atoms with Gasteiger partial charge in [0.15, 0.2) is 0 Å². The molecular weight excluding hydrogens is 310 g/mol. The molecule has 1 aromatic rings. The van der Waals surface area contributed by atoms with Crippen LogP contribution in [0.5, 0.6) is 0 Å². The summed E-state index contributed by atoms with van der Waals surface area (Å²) in [6.07, 6.45) is 1.86. The Morgan fingerprint density at radius 3 is 2.62 bits per heavy atom. The number of hydrogen-bond donors (Lipinski definition) is 2. The summed E-state index contributed by atoms with van der Waals surface area (Å²) in [7, 11) is 0. The highest BCUT2D eigenvalue weighted by Crippen LogP contribution is 2.17. The molecule has 2 unspecified atom stereocenters. The maximum absolute atomic E-state index is 12.5. The van der Waals surface area contributed by atoms with Crippen molar-refractivity contribution in [3.05, 3.63) is 24.4 Å². The van der Waals surface area contributed by atoms with Gasteiger partial charge in [-0.2, -0.15) is 0 Å². The minimum atomic E-state index is -0.524. The number of imide groups is 1. The lowest BCUT2D eigenvalue weighted by atomic mass is 9.94. The van der Waals surface area contributed by atoms with Gasteiger partial charge in [0, 0.05) is 44.8 Å². The molecule has 1 aromatic heterocycles. The number of carbonyl (C=O) groups is 3. The van der Waals surface area contributed by atoms with Crippen LogP contribution < -0.4 is 15.5 Å². The van der Waals surface area contributed by atoms with E-state index in [1.165, 1.54) is 0 Å². The quantitative estimate of drug-likeness (QED) is 0.811. The van der Waals surface area contributed by atoms with Gasteiger partial charge in [0.2, 0.25) is 11.8 Å². The maximum Gasteiger partial charge on any atom is 0.321 e. The average molecular weight is 331 g/mol. The highest BCUT2D eigenvalue weighted by molar-refractivity contribution is 6.00. The number of piperazine rings is 1. The SMILES string of the molecule is CC1NC(=O)NC(=O)C1CC(=O)N1CCN(c2ccccn2)CC1. The smallest absolute Gasteiger partial charge is 0.321 e. The Morgan fingerprint density at radius 1 is 1.25 bits per heavy atom. The summed E-state index contributed by atoms with van der Waals surface area (Å²) in [4.78, 5) is 43.9. The maximum atomic E-state index is 12.5. The topological polar surface area (TPSA) is 94.6 Å². The summed E-state index contributed by atoms with van der Waals surface area (Å²) < 4.78 is 0. The van der Waals surface area contributed by atoms with Crippen molar-refractivity contribution in [2.24, 2.45) is 5.92 Å². The molecule has 8 heteroatoms. The third-order valence-electron chi connectivity index (χ3n) is 4.54. The summed E-state index contributed by atoms with van der Waals surface area (Å²) in [5.74, 6) is -0.0536. The molecule has 0 aromatic carbocycles. The van der Waals surface area contributed by atoms with Crippen molar-refractivity contribution in [2.75, 3.05) is 31.1 Å². The molecule has 24 heavy (non-hydrogen) atoms. The van der Waals surface area contributed by atoms with Gasteiger partial charge in [-0.1, -0.05) is 6.07 Å². The lowest BCUT2D eigenvalue weighted by molar-refractivity contribution is -0.137. The molecule has 4 amide bonds. The van der Waals surface area contributed by atoms with Crippen LogP contribution in [0.3, 0.4) is 0 Å². The third kappa shape index (κ3) is 3.47. The van der Waals surface area contributed by atoms with E-state index in [0.29, 0.717) is 26.2 Å². The second kappa shape index (κ2) is 6.86. The van der Waals surface area contributed by atoms with E-state index in [4.69, 9.17) is 0 Å². The second-order valence-electron chi connectivity index (χ2n) is 6.12. The van der Waals surface area contributed by atoms with E-state index in [1.54, 1.807) is 18.0 Å². The lowest BCUT2D eigenvalue weighted by Crippen LogP contribution is -2.58. The Morgan fingerprint density at radius 2 is 2.00 bits per heavy atom. The average Bonchev–Trinajstić information content (AvgIpc) is 2.59. The van der Waals surface area contributed by atoms with Gasteiger partial charge in [-0.05, 0) is 19.1 Å². The standard InChI is InChI=1S/C16H21N5O3/c1-11-12(15(23)19-16(24)18-11)10-14(22)21-8-6-20(7-9-21)13-4-2-3-5-17-13/h2-5,11-12H,6-10H2,1H3,(H2,18,19,23,24). The summed E-state index contributed by atoms with van der Waals surface area (Å²) in [6.45, 7) is 4.38. The van der Waals surface area contributed by atoms with Crippen molar-refractivity contribution in [1.82, 2.24) is 20.5 Å². The molecule has 2 N–H and O–H groups in total. The van der Waals surface area contributed by atoms with E-state index in [1.807, 2.05) is 18.2 Å². The van der Waals surface area contributed by atoms with Crippen molar-refractivity contribution >= 4 is 23.7 Å². The number of nitrogens with zero attached hydrogens (tertiary/aromatic N) is 3. The summed E-state index contributed by atoms with van der Waals surface area (Å²) >= 11 is 0. The Labute approximate surface area is 140 Å². The van der Waals surface area contributed by atoms with E-state index < -0.39 is 11.9 Å². The molecule has 2 atom stereocenters. The molecule has 128 valence electrons. The normalized spacial score (nSPS) is 24.4. The second-order valence-corrected chi connectivity index (χ2v) is 6.12. The van der Waals surface area contributed by atoms with E-state index >= 15 is 0 Å². The molecule has 0 spiro atoms. The summed E-state index contributed by atoms with van der Waals surface area (Å²) in [5.41, 5.74) is 0. The number of carbonyl (C=O) groups excluding carboxylic acids is 3. The van der Waals surface area contributed by atoms with Gasteiger partial charge >= 0.3 is 6.03 Å². The Hall–Kier alpha value is -2.64. The van der Waals surface area contributed by atoms with Crippen molar-refractivity contribution in [1.29, 1.82) is 0 Å². The number of amides is 4. The first kappa shape index (κ1) is 16.2. The predicted octanol–water partition coefficient (Wildman–Crippen LogP) is -0.0356. The van der Waals surface area contributed by atoms with Crippen LogP contribution in [0, 0.1) is 5.92 Å². The van der Waals surface area contributed by atoms with Gasteiger partial charge in [-0.25, -0.2) is 9.78 Å². The van der Waals surface area contributed by atoms with Gasteiger partial charge in [0.25, 0.3) is 0 Å². The van der Waals surface area contributed by atoms with Crippen molar-refractivity contribution < 1.29 is 14.4 Å². The van der Waals surface area contributed by atoms with Crippen molar-refractivity contribution in [2.45, 2.75) is 19.4 Å².